The van der Waals surface area contributed by atoms with Crippen molar-refractivity contribution in [3.8, 4) is 17.2 Å². The molecule has 2 N–H and O–H groups in total. The maximum absolute atomic E-state index is 14.1. The van der Waals surface area contributed by atoms with Crippen LogP contribution in [0, 0.1) is 5.92 Å². The highest BCUT2D eigenvalue weighted by Gasteiger charge is 2.43. The number of H-pyrrole nitrogens is 1. The van der Waals surface area contributed by atoms with Gasteiger partial charge in [0.15, 0.2) is 17.6 Å². The minimum atomic E-state index is -0.911. The third kappa shape index (κ3) is 5.62. The summed E-state index contributed by atoms with van der Waals surface area (Å²) in [5.74, 6) is 0.989. The van der Waals surface area contributed by atoms with Gasteiger partial charge in [-0.3, -0.25) is 9.59 Å². The molecule has 0 saturated heterocycles. The molecule has 2 heterocycles. The van der Waals surface area contributed by atoms with Crippen LogP contribution >= 0.6 is 15.9 Å². The Morgan fingerprint density at radius 2 is 1.92 bits per heavy atom. The lowest BCUT2D eigenvalue weighted by Crippen LogP contribution is -2.51. The summed E-state index contributed by atoms with van der Waals surface area (Å²) in [6.07, 6.45) is 1.70. The van der Waals surface area contributed by atoms with Crippen LogP contribution in [0.5, 0.6) is 17.2 Å². The van der Waals surface area contributed by atoms with Gasteiger partial charge in [0.2, 0.25) is 5.91 Å². The zero-order valence-electron chi connectivity index (χ0n) is 23.0. The highest BCUT2D eigenvalue weighted by molar-refractivity contribution is 9.10. The summed E-state index contributed by atoms with van der Waals surface area (Å²) in [6, 6.07) is 8.56. The Hall–Kier alpha value is -3.20. The fourth-order valence-electron chi connectivity index (χ4n) is 4.82. The Labute approximate surface area is 232 Å². The third-order valence-electron chi connectivity index (χ3n) is 6.59. The molecule has 1 aliphatic heterocycles. The topological polar surface area (TPSA) is 92.9 Å². The van der Waals surface area contributed by atoms with E-state index in [2.05, 4.69) is 26.2 Å². The summed E-state index contributed by atoms with van der Waals surface area (Å²) in [6.45, 7) is 9.95. The van der Waals surface area contributed by atoms with E-state index in [1.165, 1.54) is 0 Å². The van der Waals surface area contributed by atoms with Crippen molar-refractivity contribution >= 4 is 38.6 Å². The zero-order chi connectivity index (χ0) is 27.8. The molecule has 2 aromatic carbocycles. The van der Waals surface area contributed by atoms with Gasteiger partial charge in [0.1, 0.15) is 11.8 Å². The van der Waals surface area contributed by atoms with Crippen molar-refractivity contribution in [2.75, 3.05) is 20.8 Å². The van der Waals surface area contributed by atoms with E-state index in [1.807, 2.05) is 65.1 Å². The number of methoxy groups -OCH3 is 2. The van der Waals surface area contributed by atoms with E-state index in [-0.39, 0.29) is 17.7 Å². The molecule has 38 heavy (non-hydrogen) atoms. The highest BCUT2D eigenvalue weighted by atomic mass is 79.9. The number of carbonyl (C=O) groups excluding carboxylic acids is 2. The minimum absolute atomic E-state index is 0.131. The summed E-state index contributed by atoms with van der Waals surface area (Å²) in [4.78, 5) is 32.9. The first kappa shape index (κ1) is 27.8. The average Bonchev–Trinajstić information content (AvgIpc) is 3.19. The van der Waals surface area contributed by atoms with Crippen LogP contribution in [-0.4, -0.2) is 54.1 Å². The third-order valence-corrected chi connectivity index (χ3v) is 7.05. The number of nitrogens with zero attached hydrogens (tertiary/aromatic N) is 1. The second-order valence-electron chi connectivity index (χ2n) is 11.0. The molecule has 0 radical (unpaired) electrons. The van der Waals surface area contributed by atoms with Crippen LogP contribution in [0.15, 0.2) is 41.0 Å². The van der Waals surface area contributed by atoms with Crippen LogP contribution in [0.25, 0.3) is 10.9 Å². The highest BCUT2D eigenvalue weighted by Crippen LogP contribution is 2.44. The fraction of sp³-hybridized carbons (Fsp3) is 0.448. The van der Waals surface area contributed by atoms with Gasteiger partial charge in [0.25, 0.3) is 5.91 Å². The van der Waals surface area contributed by atoms with Crippen molar-refractivity contribution in [2.24, 2.45) is 5.92 Å². The number of benzene rings is 2. The second-order valence-corrected chi connectivity index (χ2v) is 11.9. The number of hydrogen-bond donors (Lipinski definition) is 2. The van der Waals surface area contributed by atoms with Gasteiger partial charge in [-0.05, 0) is 69.0 Å². The molecule has 2 unspecified atom stereocenters. The van der Waals surface area contributed by atoms with E-state index >= 15 is 0 Å². The summed E-state index contributed by atoms with van der Waals surface area (Å²) in [5, 5.41) is 4.10. The number of fused-ring (bicyclic) bond motifs is 2. The number of rotatable bonds is 7. The molecule has 0 fully saturated rings. The minimum Gasteiger partial charge on any atom is -0.497 e. The Bertz CT molecular complexity index is 1340. The maximum atomic E-state index is 14.1. The van der Waals surface area contributed by atoms with Gasteiger partial charge in [-0.1, -0.05) is 29.8 Å². The molecule has 1 aliphatic rings. The molecule has 2 atom stereocenters. The lowest BCUT2D eigenvalue weighted by Gasteiger charge is -2.33. The van der Waals surface area contributed by atoms with Crippen molar-refractivity contribution in [3.63, 3.8) is 0 Å². The molecule has 2 amide bonds. The molecule has 1 aromatic heterocycles. The Morgan fingerprint density at radius 3 is 2.55 bits per heavy atom. The summed E-state index contributed by atoms with van der Waals surface area (Å²) < 4.78 is 18.1. The van der Waals surface area contributed by atoms with Gasteiger partial charge < -0.3 is 29.4 Å². The quantitative estimate of drug-likeness (QED) is 0.387. The zero-order valence-corrected chi connectivity index (χ0v) is 24.6. The molecule has 0 saturated carbocycles. The standard InChI is InChI=1S/C29H36BrN3O5/c1-16(2)25-28(35)33(11-10-17-15-31-22-9-8-19(36-6)14-20(17)22)24(27(34)32-29(3,4)5)21-12-18(30)13-23(37-7)26(21)38-25/h8-9,12-16,24-25,31H,10-11H2,1-7H3,(H,32,34). The van der Waals surface area contributed by atoms with Crippen molar-refractivity contribution in [2.45, 2.75) is 58.7 Å². The number of halogens is 1. The van der Waals surface area contributed by atoms with Gasteiger partial charge in [-0.2, -0.15) is 0 Å². The van der Waals surface area contributed by atoms with E-state index in [9.17, 15) is 9.59 Å². The van der Waals surface area contributed by atoms with Crippen molar-refractivity contribution in [1.82, 2.24) is 15.2 Å². The molecule has 4 rings (SSSR count). The van der Waals surface area contributed by atoms with E-state index in [1.54, 1.807) is 25.2 Å². The van der Waals surface area contributed by atoms with E-state index in [0.29, 0.717) is 30.0 Å². The first-order valence-corrected chi connectivity index (χ1v) is 13.5. The first-order valence-electron chi connectivity index (χ1n) is 12.7. The molecule has 0 spiro atoms. The van der Waals surface area contributed by atoms with Crippen LogP contribution in [0.2, 0.25) is 0 Å². The summed E-state index contributed by atoms with van der Waals surface area (Å²) >= 11 is 3.55. The largest absolute Gasteiger partial charge is 0.497 e. The van der Waals surface area contributed by atoms with Crippen LogP contribution in [0.1, 0.15) is 51.8 Å². The number of aromatic nitrogens is 1. The number of ether oxygens (including phenoxy) is 3. The van der Waals surface area contributed by atoms with Gasteiger partial charge in [0.05, 0.1) is 14.2 Å². The van der Waals surface area contributed by atoms with Crippen molar-refractivity contribution < 1.29 is 23.8 Å². The Morgan fingerprint density at radius 1 is 1.18 bits per heavy atom. The molecule has 9 heteroatoms. The lowest BCUT2D eigenvalue weighted by atomic mass is 9.99. The average molecular weight is 587 g/mol. The predicted molar refractivity (Wildman–Crippen MR) is 151 cm³/mol. The van der Waals surface area contributed by atoms with E-state index < -0.39 is 17.7 Å². The molecule has 0 aliphatic carbocycles. The van der Waals surface area contributed by atoms with Crippen LogP contribution in [0.3, 0.4) is 0 Å². The number of nitrogens with one attached hydrogen (secondary N) is 2. The van der Waals surface area contributed by atoms with Crippen LogP contribution in [-0.2, 0) is 16.0 Å². The maximum Gasteiger partial charge on any atom is 0.264 e. The van der Waals surface area contributed by atoms with Gasteiger partial charge in [0, 0.05) is 39.2 Å². The molecule has 8 nitrogen and oxygen atoms in total. The van der Waals surface area contributed by atoms with Gasteiger partial charge in [-0.15, -0.1) is 0 Å². The first-order chi connectivity index (χ1) is 17.9. The Balaban J connectivity index is 1.82. The smallest absolute Gasteiger partial charge is 0.264 e. The number of amides is 2. The van der Waals surface area contributed by atoms with E-state index in [4.69, 9.17) is 14.2 Å². The summed E-state index contributed by atoms with van der Waals surface area (Å²) in [5.41, 5.74) is 2.09. The summed E-state index contributed by atoms with van der Waals surface area (Å²) in [7, 11) is 3.19. The van der Waals surface area contributed by atoms with Crippen molar-refractivity contribution in [1.29, 1.82) is 0 Å². The molecule has 3 aromatic rings. The normalized spacial score (nSPS) is 17.7. The number of carbonyl (C=O) groups is 2. The number of hydrogen-bond acceptors (Lipinski definition) is 5. The molecule has 0 bridgehead atoms. The molecule has 204 valence electrons. The fourth-order valence-corrected chi connectivity index (χ4v) is 5.27. The Kier molecular flexibility index (Phi) is 7.97. The molecular weight excluding hydrogens is 550 g/mol. The van der Waals surface area contributed by atoms with Crippen molar-refractivity contribution in [3.05, 3.63) is 52.1 Å². The van der Waals surface area contributed by atoms with Gasteiger partial charge in [-0.25, -0.2) is 0 Å². The molecular formula is C29H36BrN3O5. The van der Waals surface area contributed by atoms with Crippen LogP contribution < -0.4 is 19.5 Å². The SMILES string of the molecule is COc1ccc2[nH]cc(CCN3C(=O)C(C(C)C)Oc4c(OC)cc(Br)cc4C3C(=O)NC(C)(C)C)c2c1. The predicted octanol–water partition coefficient (Wildman–Crippen LogP) is 5.39. The van der Waals surface area contributed by atoms with Crippen LogP contribution in [0.4, 0.5) is 0 Å². The van der Waals surface area contributed by atoms with E-state index in [0.717, 1.165) is 26.7 Å². The lowest BCUT2D eigenvalue weighted by molar-refractivity contribution is -0.147. The van der Waals surface area contributed by atoms with Gasteiger partial charge >= 0.3 is 0 Å². The second kappa shape index (κ2) is 10.9. The monoisotopic (exact) mass is 585 g/mol. The number of aromatic amines is 1.